The van der Waals surface area contributed by atoms with E-state index in [4.69, 9.17) is 11.6 Å². The zero-order valence-electron chi connectivity index (χ0n) is 15.3. The monoisotopic (exact) mass is 458 g/mol. The number of Topliss-reactive ketones (excluding diaryl/α,β-unsaturated/α-hetero) is 1. The highest BCUT2D eigenvalue weighted by molar-refractivity contribution is 6.28. The van der Waals surface area contributed by atoms with Crippen LogP contribution < -0.4 is 10.6 Å². The SMILES string of the molecule is O=C(Cc1ccnc(Cl)n1)c1cccc(NN(O)c2c(F)cccc2C(F)(F)F)c1F. The van der Waals surface area contributed by atoms with Crippen molar-refractivity contribution in [2.24, 2.45) is 0 Å². The summed E-state index contributed by atoms with van der Waals surface area (Å²) in [6, 6.07) is 6.87. The fourth-order valence-corrected chi connectivity index (χ4v) is 2.86. The summed E-state index contributed by atoms with van der Waals surface area (Å²) < 4.78 is 68.2. The summed E-state index contributed by atoms with van der Waals surface area (Å²) in [6.07, 6.45) is -4.02. The Labute approximate surface area is 176 Å². The van der Waals surface area contributed by atoms with Gasteiger partial charge in [-0.25, -0.2) is 18.7 Å². The van der Waals surface area contributed by atoms with E-state index in [9.17, 15) is 32.0 Å². The van der Waals surface area contributed by atoms with Crippen LogP contribution in [0.4, 0.5) is 33.3 Å². The largest absolute Gasteiger partial charge is 0.418 e. The lowest BCUT2D eigenvalue weighted by atomic mass is 10.0. The molecule has 2 aromatic carbocycles. The molecule has 31 heavy (non-hydrogen) atoms. The van der Waals surface area contributed by atoms with E-state index in [0.717, 1.165) is 18.2 Å². The van der Waals surface area contributed by atoms with Gasteiger partial charge in [0.15, 0.2) is 17.4 Å². The standard InChI is InChI=1S/C19H12ClF5N4O2/c20-18-26-8-7-10(27-18)9-15(30)11-3-1-6-14(16(11)22)28-29(31)17-12(19(23,24)25)4-2-5-13(17)21/h1-8,28,31H,9H2. The van der Waals surface area contributed by atoms with Gasteiger partial charge >= 0.3 is 6.18 Å². The molecule has 3 aromatic rings. The summed E-state index contributed by atoms with van der Waals surface area (Å²) in [5, 5.41) is 9.61. The molecule has 0 spiro atoms. The zero-order valence-corrected chi connectivity index (χ0v) is 16.0. The topological polar surface area (TPSA) is 78.4 Å². The number of aromatic nitrogens is 2. The van der Waals surface area contributed by atoms with Gasteiger partial charge in [0, 0.05) is 6.20 Å². The molecule has 0 saturated heterocycles. The maximum Gasteiger partial charge on any atom is 0.418 e. The molecule has 1 aromatic heterocycles. The minimum absolute atomic E-state index is 0.109. The molecule has 0 saturated carbocycles. The van der Waals surface area contributed by atoms with Gasteiger partial charge in [-0.2, -0.15) is 18.3 Å². The van der Waals surface area contributed by atoms with Crippen molar-refractivity contribution in [3.05, 3.63) is 82.4 Å². The number of rotatable bonds is 6. The van der Waals surface area contributed by atoms with Crippen LogP contribution in [0.5, 0.6) is 0 Å². The molecule has 0 atom stereocenters. The average molecular weight is 459 g/mol. The second kappa shape index (κ2) is 8.82. The Bertz CT molecular complexity index is 1130. The van der Waals surface area contributed by atoms with E-state index < -0.39 is 46.1 Å². The first kappa shape index (κ1) is 22.4. The van der Waals surface area contributed by atoms with Gasteiger partial charge in [0.05, 0.1) is 28.9 Å². The molecule has 0 aliphatic carbocycles. The van der Waals surface area contributed by atoms with Gasteiger partial charge in [-0.1, -0.05) is 12.1 Å². The number of benzene rings is 2. The third-order valence-electron chi connectivity index (χ3n) is 4.05. The number of halogens is 6. The van der Waals surface area contributed by atoms with E-state index in [1.54, 1.807) is 0 Å². The molecular formula is C19H12ClF5N4O2. The van der Waals surface area contributed by atoms with Crippen molar-refractivity contribution in [1.29, 1.82) is 0 Å². The zero-order chi connectivity index (χ0) is 22.8. The van der Waals surface area contributed by atoms with Gasteiger partial charge in [0.25, 0.3) is 0 Å². The average Bonchev–Trinajstić information content (AvgIpc) is 2.68. The summed E-state index contributed by atoms with van der Waals surface area (Å²) in [6.45, 7) is 0. The number of nitrogens with one attached hydrogen (secondary N) is 1. The number of hydrogen-bond acceptors (Lipinski definition) is 6. The Balaban J connectivity index is 1.88. The van der Waals surface area contributed by atoms with Crippen LogP contribution in [0.25, 0.3) is 0 Å². The lowest BCUT2D eigenvalue weighted by molar-refractivity contribution is -0.137. The fourth-order valence-electron chi connectivity index (χ4n) is 2.69. The summed E-state index contributed by atoms with van der Waals surface area (Å²) in [5.74, 6) is -3.29. The van der Waals surface area contributed by atoms with Gasteiger partial charge in [-0.3, -0.25) is 15.4 Å². The van der Waals surface area contributed by atoms with Gasteiger partial charge in [0.1, 0.15) is 5.69 Å². The van der Waals surface area contributed by atoms with Crippen LogP contribution in [0, 0.1) is 11.6 Å². The maximum absolute atomic E-state index is 14.8. The predicted molar refractivity (Wildman–Crippen MR) is 101 cm³/mol. The van der Waals surface area contributed by atoms with Crippen LogP contribution in [0.15, 0.2) is 48.7 Å². The third-order valence-corrected chi connectivity index (χ3v) is 4.24. The second-order valence-corrected chi connectivity index (χ2v) is 6.48. The van der Waals surface area contributed by atoms with E-state index in [2.05, 4.69) is 9.97 Å². The summed E-state index contributed by atoms with van der Waals surface area (Å²) in [4.78, 5) is 19.9. The van der Waals surface area contributed by atoms with Crippen LogP contribution >= 0.6 is 11.6 Å². The molecule has 162 valence electrons. The first-order valence-electron chi connectivity index (χ1n) is 8.48. The number of hydrogen-bond donors (Lipinski definition) is 2. The third kappa shape index (κ3) is 5.06. The van der Waals surface area contributed by atoms with Gasteiger partial charge < -0.3 is 0 Å². The molecular weight excluding hydrogens is 447 g/mol. The van der Waals surface area contributed by atoms with Crippen LogP contribution in [-0.2, 0) is 12.6 Å². The van der Waals surface area contributed by atoms with Crippen molar-refractivity contribution >= 4 is 28.8 Å². The quantitative estimate of drug-likeness (QED) is 0.232. The molecule has 0 aliphatic rings. The maximum atomic E-state index is 14.8. The van der Waals surface area contributed by atoms with Gasteiger partial charge in [0.2, 0.25) is 5.28 Å². The number of carbonyl (C=O) groups is 1. The Morgan fingerprint density at radius 2 is 1.84 bits per heavy atom. The molecule has 6 nitrogen and oxygen atoms in total. The predicted octanol–water partition coefficient (Wildman–Crippen LogP) is 5.08. The number of anilines is 2. The molecule has 1 heterocycles. The smallest absolute Gasteiger partial charge is 0.294 e. The van der Waals surface area contributed by atoms with E-state index in [1.165, 1.54) is 18.3 Å². The van der Waals surface area contributed by atoms with Crippen molar-refractivity contribution in [2.45, 2.75) is 12.6 Å². The van der Waals surface area contributed by atoms with E-state index >= 15 is 0 Å². The lowest BCUT2D eigenvalue weighted by Gasteiger charge is -2.23. The summed E-state index contributed by atoms with van der Waals surface area (Å²) >= 11 is 5.64. The Morgan fingerprint density at radius 1 is 1.13 bits per heavy atom. The Kier molecular flexibility index (Phi) is 6.37. The Hall–Kier alpha value is -3.31. The van der Waals surface area contributed by atoms with E-state index in [1.807, 2.05) is 5.43 Å². The normalized spacial score (nSPS) is 11.3. The molecule has 0 fully saturated rings. The van der Waals surface area contributed by atoms with Crippen molar-refractivity contribution in [3.63, 3.8) is 0 Å². The van der Waals surface area contributed by atoms with E-state index in [0.29, 0.717) is 12.1 Å². The van der Waals surface area contributed by atoms with Crippen molar-refractivity contribution in [1.82, 2.24) is 9.97 Å². The number of nitrogens with zero attached hydrogens (tertiary/aromatic N) is 3. The first-order valence-corrected chi connectivity index (χ1v) is 8.86. The molecule has 0 unspecified atom stereocenters. The number of para-hydroxylation sites is 1. The van der Waals surface area contributed by atoms with Crippen LogP contribution in [0.2, 0.25) is 5.28 Å². The molecule has 12 heteroatoms. The van der Waals surface area contributed by atoms with Crippen LogP contribution in [0.1, 0.15) is 21.6 Å². The van der Waals surface area contributed by atoms with Crippen molar-refractivity contribution in [2.75, 3.05) is 10.6 Å². The second-order valence-electron chi connectivity index (χ2n) is 6.14. The van der Waals surface area contributed by atoms with Crippen LogP contribution in [0.3, 0.4) is 0 Å². The number of carbonyl (C=O) groups excluding carboxylic acids is 1. The molecule has 3 rings (SSSR count). The van der Waals surface area contributed by atoms with Gasteiger partial charge in [-0.05, 0) is 41.9 Å². The molecule has 0 radical (unpaired) electrons. The summed E-state index contributed by atoms with van der Waals surface area (Å²) in [5.41, 5.74) is -1.61. The number of alkyl halides is 3. The minimum atomic E-state index is -4.99. The highest BCUT2D eigenvalue weighted by atomic mass is 35.5. The van der Waals surface area contributed by atoms with Crippen molar-refractivity contribution in [3.8, 4) is 0 Å². The molecule has 0 bridgehead atoms. The van der Waals surface area contributed by atoms with Gasteiger partial charge in [-0.15, -0.1) is 0 Å². The lowest BCUT2D eigenvalue weighted by Crippen LogP contribution is -2.30. The number of ketones is 1. The molecule has 2 N–H and O–H groups in total. The highest BCUT2D eigenvalue weighted by Crippen LogP contribution is 2.37. The molecule has 0 amide bonds. The van der Waals surface area contributed by atoms with Crippen LogP contribution in [-0.4, -0.2) is 21.0 Å². The summed E-state index contributed by atoms with van der Waals surface area (Å²) in [7, 11) is 0. The fraction of sp³-hybridized carbons (Fsp3) is 0.105. The molecule has 0 aliphatic heterocycles. The first-order chi connectivity index (χ1) is 14.6. The number of hydrazine groups is 1. The Morgan fingerprint density at radius 3 is 2.52 bits per heavy atom. The minimum Gasteiger partial charge on any atom is -0.294 e. The van der Waals surface area contributed by atoms with Crippen molar-refractivity contribution < 1.29 is 32.0 Å². The van der Waals surface area contributed by atoms with E-state index in [-0.39, 0.29) is 22.6 Å². The highest BCUT2D eigenvalue weighted by Gasteiger charge is 2.36.